The number of anilines is 2. The van der Waals surface area contributed by atoms with E-state index in [2.05, 4.69) is 16.4 Å². The first-order valence-corrected chi connectivity index (χ1v) is 14.3. The van der Waals surface area contributed by atoms with E-state index in [9.17, 15) is 14.4 Å². The standard InChI is InChI=1S/C31H40N4O3/c1-21(32-2)28(36)20-25(22-9-4-3-5-10-22)31(38)34-18-8-13-26(34)24-16-17-33-29(19-24)35-27-12-7-6-11-23(27)14-15-30(35)37/h6-7,11-12,16-17,19,21-22,25-26,32H,3-5,8-10,13-15,18,20H2,1-2H3. The lowest BCUT2D eigenvalue weighted by Crippen LogP contribution is -2.42. The molecule has 1 aromatic carbocycles. The van der Waals surface area contributed by atoms with Gasteiger partial charge in [0.15, 0.2) is 0 Å². The van der Waals surface area contributed by atoms with Gasteiger partial charge in [0.2, 0.25) is 11.8 Å². The van der Waals surface area contributed by atoms with Gasteiger partial charge in [-0.15, -0.1) is 0 Å². The summed E-state index contributed by atoms with van der Waals surface area (Å²) in [5.41, 5.74) is 3.05. The van der Waals surface area contributed by atoms with Crippen molar-refractivity contribution in [1.29, 1.82) is 0 Å². The number of benzene rings is 1. The number of hydrogen-bond acceptors (Lipinski definition) is 5. The van der Waals surface area contributed by atoms with Crippen LogP contribution in [0.4, 0.5) is 11.5 Å². The predicted molar refractivity (Wildman–Crippen MR) is 148 cm³/mol. The molecule has 3 atom stereocenters. The molecule has 7 heteroatoms. The maximum Gasteiger partial charge on any atom is 0.233 e. The minimum Gasteiger partial charge on any atom is -0.335 e. The minimum absolute atomic E-state index is 0.0437. The number of likely N-dealkylation sites (tertiary alicyclic amines) is 1. The molecule has 38 heavy (non-hydrogen) atoms. The molecule has 7 nitrogen and oxygen atoms in total. The van der Waals surface area contributed by atoms with E-state index in [1.54, 1.807) is 18.1 Å². The fraction of sp³-hybridized carbons (Fsp3) is 0.548. The van der Waals surface area contributed by atoms with Crippen LogP contribution < -0.4 is 10.2 Å². The van der Waals surface area contributed by atoms with Crippen molar-refractivity contribution in [2.75, 3.05) is 18.5 Å². The van der Waals surface area contributed by atoms with Gasteiger partial charge in [-0.2, -0.15) is 0 Å². The Labute approximate surface area is 226 Å². The molecule has 0 bridgehead atoms. The summed E-state index contributed by atoms with van der Waals surface area (Å²) in [6.07, 6.45) is 10.6. The van der Waals surface area contributed by atoms with Gasteiger partial charge < -0.3 is 10.2 Å². The number of carbonyl (C=O) groups excluding carboxylic acids is 3. The maximum absolute atomic E-state index is 14.2. The van der Waals surface area contributed by atoms with Crippen LogP contribution in [0.5, 0.6) is 0 Å². The topological polar surface area (TPSA) is 82.6 Å². The average molecular weight is 517 g/mol. The second-order valence-corrected chi connectivity index (χ2v) is 11.2. The van der Waals surface area contributed by atoms with Crippen molar-refractivity contribution in [3.63, 3.8) is 0 Å². The van der Waals surface area contributed by atoms with Gasteiger partial charge in [0.1, 0.15) is 11.6 Å². The smallest absolute Gasteiger partial charge is 0.233 e. The van der Waals surface area contributed by atoms with Crippen LogP contribution in [0.15, 0.2) is 42.6 Å². The van der Waals surface area contributed by atoms with E-state index in [1.807, 2.05) is 42.2 Å². The summed E-state index contributed by atoms with van der Waals surface area (Å²) in [4.78, 5) is 48.4. The van der Waals surface area contributed by atoms with Gasteiger partial charge in [0.25, 0.3) is 0 Å². The molecule has 3 aliphatic rings. The van der Waals surface area contributed by atoms with Gasteiger partial charge in [0, 0.05) is 31.5 Å². The molecule has 2 amide bonds. The quantitative estimate of drug-likeness (QED) is 0.527. The third-order valence-electron chi connectivity index (χ3n) is 8.88. The predicted octanol–water partition coefficient (Wildman–Crippen LogP) is 5.12. The maximum atomic E-state index is 14.2. The number of rotatable bonds is 8. The van der Waals surface area contributed by atoms with Crippen molar-refractivity contribution >= 4 is 29.1 Å². The number of ketones is 1. The SMILES string of the molecule is CNC(C)C(=O)CC(C(=O)N1CCCC1c1ccnc(N2C(=O)CCc3ccccc32)c1)C1CCCCC1. The van der Waals surface area contributed by atoms with Crippen LogP contribution in [0.25, 0.3) is 0 Å². The molecule has 0 spiro atoms. The lowest BCUT2D eigenvalue weighted by atomic mass is 9.76. The Morgan fingerprint density at radius 2 is 1.84 bits per heavy atom. The number of para-hydroxylation sites is 1. The summed E-state index contributed by atoms with van der Waals surface area (Å²) < 4.78 is 0. The molecule has 2 aromatic rings. The second kappa shape index (κ2) is 11.8. The van der Waals surface area contributed by atoms with E-state index in [0.29, 0.717) is 25.2 Å². The van der Waals surface area contributed by atoms with Crippen LogP contribution in [0.3, 0.4) is 0 Å². The zero-order valence-electron chi connectivity index (χ0n) is 22.7. The van der Waals surface area contributed by atoms with Gasteiger partial charge >= 0.3 is 0 Å². The van der Waals surface area contributed by atoms with E-state index in [1.165, 1.54) is 6.42 Å². The highest BCUT2D eigenvalue weighted by Gasteiger charge is 2.39. The molecule has 2 fully saturated rings. The number of hydrogen-bond donors (Lipinski definition) is 1. The Bertz CT molecular complexity index is 1180. The zero-order valence-corrected chi connectivity index (χ0v) is 22.7. The molecular formula is C31H40N4O3. The van der Waals surface area contributed by atoms with Crippen LogP contribution in [0.1, 0.15) is 81.9 Å². The van der Waals surface area contributed by atoms with Crippen LogP contribution in [0.2, 0.25) is 0 Å². The molecular weight excluding hydrogens is 476 g/mol. The van der Waals surface area contributed by atoms with E-state index < -0.39 is 0 Å². The first-order valence-electron chi connectivity index (χ1n) is 14.3. The summed E-state index contributed by atoms with van der Waals surface area (Å²) in [6.45, 7) is 2.58. The fourth-order valence-electron chi connectivity index (χ4n) is 6.58. The summed E-state index contributed by atoms with van der Waals surface area (Å²) in [5.74, 6) is 0.884. The number of aromatic nitrogens is 1. The third-order valence-corrected chi connectivity index (χ3v) is 8.88. The van der Waals surface area contributed by atoms with Crippen molar-refractivity contribution in [1.82, 2.24) is 15.2 Å². The first kappa shape index (κ1) is 26.5. The van der Waals surface area contributed by atoms with E-state index >= 15 is 0 Å². The Morgan fingerprint density at radius 3 is 2.63 bits per heavy atom. The van der Waals surface area contributed by atoms with Gasteiger partial charge in [-0.05, 0) is 81.3 Å². The summed E-state index contributed by atoms with van der Waals surface area (Å²) in [7, 11) is 1.79. The number of likely N-dealkylation sites (N-methyl/N-ethyl adjacent to an activating group) is 1. The molecule has 202 valence electrons. The van der Waals surface area contributed by atoms with Gasteiger partial charge in [-0.3, -0.25) is 19.3 Å². The molecule has 3 heterocycles. The number of aryl methyl sites for hydroxylation is 1. The Kier molecular flexibility index (Phi) is 8.22. The zero-order chi connectivity index (χ0) is 26.6. The molecule has 1 saturated heterocycles. The normalized spacial score (nSPS) is 21.7. The molecule has 2 aliphatic heterocycles. The average Bonchev–Trinajstić information content (AvgIpc) is 3.45. The molecule has 1 aliphatic carbocycles. The highest BCUT2D eigenvalue weighted by Crippen LogP contribution is 2.40. The van der Waals surface area contributed by atoms with Crippen molar-refractivity contribution in [2.45, 2.75) is 83.2 Å². The number of nitrogens with one attached hydrogen (secondary N) is 1. The van der Waals surface area contributed by atoms with Crippen LogP contribution >= 0.6 is 0 Å². The molecule has 5 rings (SSSR count). The second-order valence-electron chi connectivity index (χ2n) is 11.2. The molecule has 1 aromatic heterocycles. The Hall–Kier alpha value is -3.06. The van der Waals surface area contributed by atoms with E-state index in [4.69, 9.17) is 0 Å². The Morgan fingerprint density at radius 1 is 1.05 bits per heavy atom. The van der Waals surface area contributed by atoms with Gasteiger partial charge in [0.05, 0.1) is 17.8 Å². The number of amides is 2. The highest BCUT2D eigenvalue weighted by molar-refractivity contribution is 6.02. The van der Waals surface area contributed by atoms with Crippen LogP contribution in [-0.4, -0.2) is 47.1 Å². The summed E-state index contributed by atoms with van der Waals surface area (Å²) in [6, 6.07) is 11.6. The van der Waals surface area contributed by atoms with Crippen LogP contribution in [-0.2, 0) is 20.8 Å². The fourth-order valence-corrected chi connectivity index (χ4v) is 6.58. The van der Waals surface area contributed by atoms with E-state index in [0.717, 1.165) is 61.8 Å². The Balaban J connectivity index is 1.41. The largest absolute Gasteiger partial charge is 0.335 e. The lowest BCUT2D eigenvalue weighted by Gasteiger charge is -2.35. The number of carbonyl (C=O) groups is 3. The molecule has 3 unspecified atom stereocenters. The third kappa shape index (κ3) is 5.39. The van der Waals surface area contributed by atoms with Gasteiger partial charge in [-0.1, -0.05) is 37.5 Å². The van der Waals surface area contributed by atoms with Gasteiger partial charge in [-0.25, -0.2) is 4.98 Å². The van der Waals surface area contributed by atoms with Crippen molar-refractivity contribution in [3.8, 4) is 0 Å². The molecule has 1 N–H and O–H groups in total. The van der Waals surface area contributed by atoms with Crippen molar-refractivity contribution in [3.05, 3.63) is 53.7 Å². The summed E-state index contributed by atoms with van der Waals surface area (Å²) in [5, 5.41) is 3.05. The number of nitrogens with zero attached hydrogens (tertiary/aromatic N) is 3. The monoisotopic (exact) mass is 516 g/mol. The van der Waals surface area contributed by atoms with E-state index in [-0.39, 0.29) is 41.5 Å². The highest BCUT2D eigenvalue weighted by atomic mass is 16.2. The first-order chi connectivity index (χ1) is 18.5. The molecule has 1 saturated carbocycles. The molecule has 0 radical (unpaired) electrons. The summed E-state index contributed by atoms with van der Waals surface area (Å²) >= 11 is 0. The number of fused-ring (bicyclic) bond motifs is 1. The minimum atomic E-state index is -0.268. The number of pyridine rings is 1. The van der Waals surface area contributed by atoms with Crippen LogP contribution in [0, 0.1) is 11.8 Å². The van der Waals surface area contributed by atoms with Crippen molar-refractivity contribution < 1.29 is 14.4 Å². The number of Topliss-reactive ketones (excluding diaryl/α,β-unsaturated/α-hetero) is 1. The lowest BCUT2D eigenvalue weighted by molar-refractivity contribution is -0.141. The van der Waals surface area contributed by atoms with Crippen molar-refractivity contribution in [2.24, 2.45) is 11.8 Å².